The van der Waals surface area contributed by atoms with Gasteiger partial charge in [-0.25, -0.2) is 0 Å². The molecule has 150 valence electrons. The molecule has 4 rings (SSSR count). The third-order valence-corrected chi connectivity index (χ3v) is 6.50. The van der Waals surface area contributed by atoms with Crippen LogP contribution >= 0.6 is 11.8 Å². The Bertz CT molecular complexity index is 988. The first-order valence-electron chi connectivity index (χ1n) is 10.0. The number of nitrogens with zero attached hydrogens (tertiary/aromatic N) is 1. The van der Waals surface area contributed by atoms with Crippen LogP contribution in [0.25, 0.3) is 11.1 Å². The van der Waals surface area contributed by atoms with Gasteiger partial charge in [-0.15, -0.1) is 11.8 Å². The average molecular weight is 406 g/mol. The highest BCUT2D eigenvalue weighted by atomic mass is 32.2. The Morgan fingerprint density at radius 3 is 2.59 bits per heavy atom. The van der Waals surface area contributed by atoms with E-state index in [-0.39, 0.29) is 5.75 Å². The molecule has 0 saturated heterocycles. The summed E-state index contributed by atoms with van der Waals surface area (Å²) in [4.78, 5) is 3.66. The number of hydrogen-bond donors (Lipinski definition) is 1. The molecule has 29 heavy (non-hydrogen) atoms. The minimum atomic E-state index is 0.248. The van der Waals surface area contributed by atoms with Crippen LogP contribution < -0.4 is 4.74 Å². The van der Waals surface area contributed by atoms with Gasteiger partial charge in [-0.2, -0.15) is 0 Å². The predicted octanol–water partition coefficient (Wildman–Crippen LogP) is 5.39. The van der Waals surface area contributed by atoms with Crippen molar-refractivity contribution in [2.75, 3.05) is 26.5 Å². The van der Waals surface area contributed by atoms with Crippen molar-refractivity contribution in [1.29, 1.82) is 0 Å². The van der Waals surface area contributed by atoms with Crippen molar-refractivity contribution < 1.29 is 9.84 Å². The van der Waals surface area contributed by atoms with Crippen molar-refractivity contribution >= 4 is 11.8 Å². The third-order valence-electron chi connectivity index (χ3n) is 5.70. The summed E-state index contributed by atoms with van der Waals surface area (Å²) in [5.74, 6) is 0.810. The molecule has 1 aliphatic rings. The first-order valence-corrected chi connectivity index (χ1v) is 11.2. The van der Waals surface area contributed by atoms with Gasteiger partial charge in [-0.05, 0) is 53.5 Å². The maximum atomic E-state index is 11.1. The number of phenols is 1. The Morgan fingerprint density at radius 1 is 1.07 bits per heavy atom. The molecule has 3 aromatic rings. The van der Waals surface area contributed by atoms with E-state index in [2.05, 4.69) is 53.6 Å². The number of thioether (sulfide) groups is 1. The molecule has 0 saturated carbocycles. The maximum Gasteiger partial charge on any atom is 0.166 e. The molecule has 3 aromatic carbocycles. The van der Waals surface area contributed by atoms with Gasteiger partial charge in [0, 0.05) is 30.1 Å². The zero-order chi connectivity index (χ0) is 20.2. The summed E-state index contributed by atoms with van der Waals surface area (Å²) in [6.45, 7) is 2.88. The quantitative estimate of drug-likeness (QED) is 0.557. The maximum absolute atomic E-state index is 11.1. The topological polar surface area (TPSA) is 32.7 Å². The van der Waals surface area contributed by atoms with Crippen LogP contribution in [-0.2, 0) is 19.4 Å². The summed E-state index contributed by atoms with van der Waals surface area (Å²) in [6, 6.07) is 21.0. The third kappa shape index (κ3) is 4.14. The number of hydrogen-bond acceptors (Lipinski definition) is 4. The molecule has 0 atom stereocenters. The fourth-order valence-corrected chi connectivity index (χ4v) is 4.75. The minimum absolute atomic E-state index is 0.248. The van der Waals surface area contributed by atoms with Gasteiger partial charge in [-0.1, -0.05) is 48.5 Å². The number of ether oxygens (including phenoxy) is 1. The van der Waals surface area contributed by atoms with Crippen molar-refractivity contribution in [2.24, 2.45) is 0 Å². The Labute approximate surface area is 177 Å². The van der Waals surface area contributed by atoms with E-state index in [0.717, 1.165) is 43.6 Å². The molecule has 0 amide bonds. The SMILES string of the molecule is COc1cc2c(c(-c3ccccc3SC)c1O)CN(CCc1ccccc1)CC2. The lowest BCUT2D eigenvalue weighted by atomic mass is 9.89. The molecule has 0 aromatic heterocycles. The lowest BCUT2D eigenvalue weighted by Gasteiger charge is -2.31. The van der Waals surface area contributed by atoms with Crippen LogP contribution in [0.3, 0.4) is 0 Å². The van der Waals surface area contributed by atoms with Gasteiger partial charge in [0.15, 0.2) is 11.5 Å². The van der Waals surface area contributed by atoms with E-state index in [9.17, 15) is 5.11 Å². The predicted molar refractivity (Wildman–Crippen MR) is 121 cm³/mol. The standard InChI is InChI=1S/C25H27NO2S/c1-28-22-16-19-13-15-26(14-12-18-8-4-3-5-9-18)17-21(19)24(25(22)27)20-10-6-7-11-23(20)29-2/h3-11,16,27H,12-15,17H2,1-2H3. The lowest BCUT2D eigenvalue weighted by molar-refractivity contribution is 0.256. The summed E-state index contributed by atoms with van der Waals surface area (Å²) in [5.41, 5.74) is 5.88. The van der Waals surface area contributed by atoms with E-state index >= 15 is 0 Å². The molecule has 0 radical (unpaired) electrons. The molecule has 0 spiro atoms. The molecule has 3 nitrogen and oxygen atoms in total. The Morgan fingerprint density at radius 2 is 1.83 bits per heavy atom. The van der Waals surface area contributed by atoms with E-state index in [1.807, 2.05) is 18.2 Å². The van der Waals surface area contributed by atoms with E-state index < -0.39 is 0 Å². The van der Waals surface area contributed by atoms with Crippen molar-refractivity contribution in [2.45, 2.75) is 24.3 Å². The smallest absolute Gasteiger partial charge is 0.166 e. The van der Waals surface area contributed by atoms with E-state index in [1.165, 1.54) is 21.6 Å². The van der Waals surface area contributed by atoms with Crippen LogP contribution in [0, 0.1) is 0 Å². The second-order valence-corrected chi connectivity index (χ2v) is 8.25. The fraction of sp³-hybridized carbons (Fsp3) is 0.280. The second kappa shape index (κ2) is 8.93. The Hall–Kier alpha value is -2.43. The first-order chi connectivity index (χ1) is 14.2. The van der Waals surface area contributed by atoms with E-state index in [4.69, 9.17) is 4.74 Å². The van der Waals surface area contributed by atoms with E-state index in [0.29, 0.717) is 5.75 Å². The van der Waals surface area contributed by atoms with E-state index in [1.54, 1.807) is 18.9 Å². The number of methoxy groups -OCH3 is 1. The normalized spacial score (nSPS) is 13.9. The van der Waals surface area contributed by atoms with Crippen LogP contribution in [-0.4, -0.2) is 36.5 Å². The van der Waals surface area contributed by atoms with Crippen LogP contribution in [0.5, 0.6) is 11.5 Å². The summed E-state index contributed by atoms with van der Waals surface area (Å²) in [5, 5.41) is 11.1. The Kier molecular flexibility index (Phi) is 6.12. The second-order valence-electron chi connectivity index (χ2n) is 7.40. The largest absolute Gasteiger partial charge is 0.504 e. The molecule has 0 aliphatic carbocycles. The molecule has 1 aliphatic heterocycles. The van der Waals surface area contributed by atoms with Gasteiger partial charge in [0.2, 0.25) is 0 Å². The van der Waals surface area contributed by atoms with Crippen molar-refractivity contribution in [3.05, 3.63) is 77.4 Å². The molecular weight excluding hydrogens is 378 g/mol. The van der Waals surface area contributed by atoms with Crippen LogP contribution in [0.2, 0.25) is 0 Å². The minimum Gasteiger partial charge on any atom is -0.504 e. The lowest BCUT2D eigenvalue weighted by Crippen LogP contribution is -2.32. The summed E-state index contributed by atoms with van der Waals surface area (Å²) < 4.78 is 5.51. The summed E-state index contributed by atoms with van der Waals surface area (Å²) >= 11 is 1.71. The zero-order valence-electron chi connectivity index (χ0n) is 17.0. The fourth-order valence-electron chi connectivity index (χ4n) is 4.14. The number of aromatic hydroxyl groups is 1. The monoisotopic (exact) mass is 405 g/mol. The number of phenolic OH excluding ortho intramolecular Hbond substituents is 1. The molecule has 1 heterocycles. The molecule has 4 heteroatoms. The van der Waals surface area contributed by atoms with Crippen LogP contribution in [0.1, 0.15) is 16.7 Å². The molecule has 1 N–H and O–H groups in total. The molecular formula is C25H27NO2S. The van der Waals surface area contributed by atoms with Gasteiger partial charge in [0.25, 0.3) is 0 Å². The zero-order valence-corrected chi connectivity index (χ0v) is 17.8. The molecule has 0 fully saturated rings. The average Bonchev–Trinajstić information content (AvgIpc) is 2.78. The van der Waals surface area contributed by atoms with Gasteiger partial charge in [0.1, 0.15) is 0 Å². The first kappa shape index (κ1) is 19.9. The van der Waals surface area contributed by atoms with Crippen molar-refractivity contribution in [3.63, 3.8) is 0 Å². The highest BCUT2D eigenvalue weighted by molar-refractivity contribution is 7.98. The summed E-state index contributed by atoms with van der Waals surface area (Å²) in [6.07, 6.45) is 4.08. The Balaban J connectivity index is 1.69. The van der Waals surface area contributed by atoms with Gasteiger partial charge >= 0.3 is 0 Å². The van der Waals surface area contributed by atoms with Gasteiger partial charge in [-0.3, -0.25) is 4.90 Å². The van der Waals surface area contributed by atoms with Crippen LogP contribution in [0.4, 0.5) is 0 Å². The number of rotatable bonds is 6. The number of benzene rings is 3. The highest BCUT2D eigenvalue weighted by Gasteiger charge is 2.26. The summed E-state index contributed by atoms with van der Waals surface area (Å²) in [7, 11) is 1.63. The van der Waals surface area contributed by atoms with Crippen molar-refractivity contribution in [1.82, 2.24) is 4.90 Å². The molecule has 0 bridgehead atoms. The highest BCUT2D eigenvalue weighted by Crippen LogP contribution is 2.46. The van der Waals surface area contributed by atoms with Gasteiger partial charge in [0.05, 0.1) is 7.11 Å². The van der Waals surface area contributed by atoms with Crippen molar-refractivity contribution in [3.8, 4) is 22.6 Å². The molecule has 0 unspecified atom stereocenters. The number of fused-ring (bicyclic) bond motifs is 1. The van der Waals surface area contributed by atoms with Crippen LogP contribution in [0.15, 0.2) is 65.6 Å². The van der Waals surface area contributed by atoms with Gasteiger partial charge < -0.3 is 9.84 Å².